The normalized spacial score (nSPS) is 18.9. The SMILES string of the molecule is CCN(C(=O)CN1C(=O)N[C@@](C)(c2ccc(Cl)cc2Cl)C1=O)c1ccccc1. The third kappa shape index (κ3) is 3.57. The maximum Gasteiger partial charge on any atom is 0.325 e. The molecule has 1 fully saturated rings. The molecule has 0 spiro atoms. The highest BCUT2D eigenvalue weighted by Gasteiger charge is 2.50. The lowest BCUT2D eigenvalue weighted by molar-refractivity contribution is -0.134. The molecule has 0 aliphatic carbocycles. The average Bonchev–Trinajstić information content (AvgIpc) is 2.87. The van der Waals surface area contributed by atoms with Gasteiger partial charge in [-0.15, -0.1) is 0 Å². The molecular weight excluding hydrogens is 401 g/mol. The maximum atomic E-state index is 13.0. The number of hydrogen-bond donors (Lipinski definition) is 1. The minimum absolute atomic E-state index is 0.260. The second kappa shape index (κ2) is 7.81. The Balaban J connectivity index is 1.85. The molecule has 0 unspecified atom stereocenters. The number of nitrogens with one attached hydrogen (secondary N) is 1. The molecule has 1 atom stereocenters. The van der Waals surface area contributed by atoms with Crippen molar-refractivity contribution in [2.24, 2.45) is 0 Å². The first-order valence-corrected chi connectivity index (χ1v) is 9.48. The molecule has 1 N–H and O–H groups in total. The van der Waals surface area contributed by atoms with E-state index in [1.165, 1.54) is 11.0 Å². The minimum atomic E-state index is -1.37. The van der Waals surface area contributed by atoms with Gasteiger partial charge in [-0.1, -0.05) is 47.5 Å². The quantitative estimate of drug-likeness (QED) is 0.748. The van der Waals surface area contributed by atoms with Gasteiger partial charge in [-0.2, -0.15) is 0 Å². The Labute approximate surface area is 173 Å². The summed E-state index contributed by atoms with van der Waals surface area (Å²) in [6.07, 6.45) is 0. The van der Waals surface area contributed by atoms with E-state index in [0.29, 0.717) is 22.8 Å². The van der Waals surface area contributed by atoms with Crippen molar-refractivity contribution in [1.29, 1.82) is 0 Å². The Kier molecular flexibility index (Phi) is 5.63. The number of amides is 4. The molecule has 0 saturated carbocycles. The first kappa shape index (κ1) is 20.2. The first-order chi connectivity index (χ1) is 13.3. The summed E-state index contributed by atoms with van der Waals surface area (Å²) in [6, 6.07) is 13.1. The van der Waals surface area contributed by atoms with Crippen molar-refractivity contribution in [3.05, 3.63) is 64.1 Å². The van der Waals surface area contributed by atoms with E-state index in [1.54, 1.807) is 31.2 Å². The number of halogens is 2. The molecule has 28 heavy (non-hydrogen) atoms. The lowest BCUT2D eigenvalue weighted by Gasteiger charge is -2.25. The molecule has 1 aliphatic heterocycles. The van der Waals surface area contributed by atoms with E-state index >= 15 is 0 Å². The smallest absolute Gasteiger partial charge is 0.319 e. The van der Waals surface area contributed by atoms with Crippen molar-refractivity contribution in [2.45, 2.75) is 19.4 Å². The second-order valence-corrected chi connectivity index (χ2v) is 7.39. The number of carbonyl (C=O) groups is 3. The van der Waals surface area contributed by atoms with Crippen molar-refractivity contribution < 1.29 is 14.4 Å². The van der Waals surface area contributed by atoms with Crippen LogP contribution < -0.4 is 10.2 Å². The molecule has 1 saturated heterocycles. The summed E-state index contributed by atoms with van der Waals surface area (Å²) < 4.78 is 0. The molecule has 0 aromatic heterocycles. The van der Waals surface area contributed by atoms with E-state index in [2.05, 4.69) is 5.32 Å². The molecule has 2 aromatic carbocycles. The molecule has 1 aliphatic rings. The largest absolute Gasteiger partial charge is 0.325 e. The lowest BCUT2D eigenvalue weighted by atomic mass is 9.92. The number of hydrogen-bond acceptors (Lipinski definition) is 3. The molecule has 1 heterocycles. The van der Waals surface area contributed by atoms with Gasteiger partial charge in [0, 0.05) is 27.8 Å². The molecule has 6 nitrogen and oxygen atoms in total. The van der Waals surface area contributed by atoms with Crippen LogP contribution >= 0.6 is 23.2 Å². The Hall–Kier alpha value is -2.57. The van der Waals surface area contributed by atoms with Crippen molar-refractivity contribution in [3.63, 3.8) is 0 Å². The summed E-state index contributed by atoms with van der Waals surface area (Å²) in [5, 5.41) is 3.33. The van der Waals surface area contributed by atoms with Crippen LogP contribution in [-0.2, 0) is 15.1 Å². The van der Waals surface area contributed by atoms with E-state index in [1.807, 2.05) is 25.1 Å². The number of anilines is 1. The van der Waals surface area contributed by atoms with Crippen LogP contribution in [0.3, 0.4) is 0 Å². The van der Waals surface area contributed by atoms with Crippen molar-refractivity contribution in [3.8, 4) is 0 Å². The van der Waals surface area contributed by atoms with Crippen LogP contribution in [-0.4, -0.2) is 35.8 Å². The summed E-state index contributed by atoms with van der Waals surface area (Å²) >= 11 is 12.2. The Morgan fingerprint density at radius 2 is 1.82 bits per heavy atom. The predicted molar refractivity (Wildman–Crippen MR) is 109 cm³/mol. The van der Waals surface area contributed by atoms with Gasteiger partial charge in [0.05, 0.1) is 0 Å². The number of imide groups is 1. The Morgan fingerprint density at radius 1 is 1.14 bits per heavy atom. The highest BCUT2D eigenvalue weighted by atomic mass is 35.5. The summed E-state index contributed by atoms with van der Waals surface area (Å²) in [5.41, 5.74) is -0.254. The van der Waals surface area contributed by atoms with E-state index in [0.717, 1.165) is 4.90 Å². The fourth-order valence-corrected chi connectivity index (χ4v) is 3.85. The number of benzene rings is 2. The minimum Gasteiger partial charge on any atom is -0.319 e. The van der Waals surface area contributed by atoms with Crippen molar-refractivity contribution in [1.82, 2.24) is 10.2 Å². The van der Waals surface area contributed by atoms with Crippen LogP contribution in [0.15, 0.2) is 48.5 Å². The second-order valence-electron chi connectivity index (χ2n) is 6.54. The van der Waals surface area contributed by atoms with Crippen LogP contribution in [0.2, 0.25) is 10.0 Å². The van der Waals surface area contributed by atoms with Gasteiger partial charge >= 0.3 is 6.03 Å². The van der Waals surface area contributed by atoms with Crippen LogP contribution in [0.4, 0.5) is 10.5 Å². The summed E-state index contributed by atoms with van der Waals surface area (Å²) in [4.78, 5) is 40.8. The number of nitrogens with zero attached hydrogens (tertiary/aromatic N) is 2. The van der Waals surface area contributed by atoms with Gasteiger partial charge in [-0.25, -0.2) is 4.79 Å². The highest BCUT2D eigenvalue weighted by Crippen LogP contribution is 2.35. The lowest BCUT2D eigenvalue weighted by Crippen LogP contribution is -2.44. The van der Waals surface area contributed by atoms with Crippen molar-refractivity contribution in [2.75, 3.05) is 18.0 Å². The number of urea groups is 1. The third-order valence-corrected chi connectivity index (χ3v) is 5.27. The zero-order chi connectivity index (χ0) is 20.5. The highest BCUT2D eigenvalue weighted by molar-refractivity contribution is 6.35. The van der Waals surface area contributed by atoms with Gasteiger partial charge < -0.3 is 10.2 Å². The Bertz CT molecular complexity index is 936. The van der Waals surface area contributed by atoms with Gasteiger partial charge in [0.2, 0.25) is 5.91 Å². The number of likely N-dealkylation sites (N-methyl/N-ethyl adjacent to an activating group) is 1. The molecule has 2 aromatic rings. The topological polar surface area (TPSA) is 69.7 Å². The van der Waals surface area contributed by atoms with E-state index in [4.69, 9.17) is 23.2 Å². The van der Waals surface area contributed by atoms with Crippen LogP contribution in [0.25, 0.3) is 0 Å². The van der Waals surface area contributed by atoms with Crippen LogP contribution in [0.1, 0.15) is 19.4 Å². The number of carbonyl (C=O) groups excluding carboxylic acids is 3. The molecule has 146 valence electrons. The standard InChI is InChI=1S/C20H19Cl2N3O3/c1-3-24(14-7-5-4-6-8-14)17(26)12-25-18(27)20(2,23-19(25)28)15-10-9-13(21)11-16(15)22/h4-11H,3,12H2,1-2H3,(H,23,28)/t20-/m0/s1. The fourth-order valence-electron chi connectivity index (χ4n) is 3.25. The average molecular weight is 420 g/mol. The molecule has 3 rings (SSSR count). The third-order valence-electron chi connectivity index (χ3n) is 4.72. The molecule has 0 radical (unpaired) electrons. The maximum absolute atomic E-state index is 13.0. The van der Waals surface area contributed by atoms with Gasteiger partial charge in [-0.05, 0) is 38.1 Å². The Morgan fingerprint density at radius 3 is 2.43 bits per heavy atom. The van der Waals surface area contributed by atoms with E-state index in [9.17, 15) is 14.4 Å². The van der Waals surface area contributed by atoms with Gasteiger partial charge in [-0.3, -0.25) is 14.5 Å². The number of para-hydroxylation sites is 1. The molecule has 0 bridgehead atoms. The summed E-state index contributed by atoms with van der Waals surface area (Å²) in [6.45, 7) is 3.43. The zero-order valence-corrected chi connectivity index (χ0v) is 16.9. The predicted octanol–water partition coefficient (Wildman–Crippen LogP) is 3.81. The summed E-state index contributed by atoms with van der Waals surface area (Å²) in [5.74, 6) is -0.900. The van der Waals surface area contributed by atoms with E-state index < -0.39 is 17.5 Å². The fraction of sp³-hybridized carbons (Fsp3) is 0.250. The van der Waals surface area contributed by atoms with Gasteiger partial charge in [0.1, 0.15) is 12.1 Å². The van der Waals surface area contributed by atoms with Gasteiger partial charge in [0.25, 0.3) is 5.91 Å². The first-order valence-electron chi connectivity index (χ1n) is 8.73. The monoisotopic (exact) mass is 419 g/mol. The van der Waals surface area contributed by atoms with Crippen LogP contribution in [0.5, 0.6) is 0 Å². The molecule has 8 heteroatoms. The van der Waals surface area contributed by atoms with Crippen molar-refractivity contribution >= 4 is 46.7 Å². The number of rotatable bonds is 5. The molecular formula is C20H19Cl2N3O3. The van der Waals surface area contributed by atoms with E-state index in [-0.39, 0.29) is 17.5 Å². The molecule has 4 amide bonds. The van der Waals surface area contributed by atoms with Crippen LogP contribution in [0, 0.1) is 0 Å². The summed E-state index contributed by atoms with van der Waals surface area (Å²) in [7, 11) is 0. The van der Waals surface area contributed by atoms with Gasteiger partial charge in [0.15, 0.2) is 0 Å². The zero-order valence-electron chi connectivity index (χ0n) is 15.4.